The van der Waals surface area contributed by atoms with Gasteiger partial charge in [0.2, 0.25) is 5.91 Å². The van der Waals surface area contributed by atoms with E-state index >= 15 is 0 Å². The van der Waals surface area contributed by atoms with Gasteiger partial charge in [-0.25, -0.2) is 0 Å². The van der Waals surface area contributed by atoms with Gasteiger partial charge in [0.15, 0.2) is 0 Å². The summed E-state index contributed by atoms with van der Waals surface area (Å²) in [5, 5.41) is 0.193. The Bertz CT molecular complexity index is 1050. The molecule has 0 saturated heterocycles. The molecule has 5 heteroatoms. The fourth-order valence-electron chi connectivity index (χ4n) is 3.69. The lowest BCUT2D eigenvalue weighted by molar-refractivity contribution is -0.128. The predicted octanol–water partition coefficient (Wildman–Crippen LogP) is 5.81. The summed E-state index contributed by atoms with van der Waals surface area (Å²) in [6.45, 7) is 0.488. The van der Waals surface area contributed by atoms with Crippen LogP contribution in [0.4, 0.5) is 0 Å². The molecule has 3 aromatic rings. The molecule has 0 N–H and O–H groups in total. The minimum absolute atomic E-state index is 0.0181. The molecule has 152 valence electrons. The Balaban J connectivity index is 1.78. The second-order valence-electron chi connectivity index (χ2n) is 7.21. The Hall–Kier alpha value is -2.69. The molecule has 0 radical (unpaired) electrons. The highest BCUT2D eigenvalue weighted by atomic mass is 35.5. The summed E-state index contributed by atoms with van der Waals surface area (Å²) >= 11 is 10.8. The first-order chi connectivity index (χ1) is 14.6. The summed E-state index contributed by atoms with van der Waals surface area (Å²) in [6.07, 6.45) is 2.13. The lowest BCUT2D eigenvalue weighted by Gasteiger charge is -2.36. The molecule has 0 bridgehead atoms. The SMILES string of the molecule is COc1ccc(C2=C[C@H](c3ccc(Cl)cc3)[C@@H](S)C(=O)N2Cc2ccccc2)cc1. The van der Waals surface area contributed by atoms with E-state index in [1.807, 2.05) is 83.8 Å². The van der Waals surface area contributed by atoms with E-state index in [1.54, 1.807) is 7.11 Å². The number of thiol groups is 1. The molecule has 30 heavy (non-hydrogen) atoms. The standard InChI is InChI=1S/C25H22ClNO2S/c1-29-21-13-9-19(10-14-21)23-15-22(18-7-11-20(26)12-8-18)24(30)25(28)27(23)16-17-5-3-2-4-6-17/h2-15,22,24,30H,16H2,1H3/t22-,24-/m1/s1. The highest BCUT2D eigenvalue weighted by Gasteiger charge is 2.36. The van der Waals surface area contributed by atoms with Gasteiger partial charge < -0.3 is 9.64 Å². The third kappa shape index (κ3) is 4.25. The molecular formula is C25H22ClNO2S. The van der Waals surface area contributed by atoms with Crippen LogP contribution in [0.15, 0.2) is 84.9 Å². The molecule has 3 aromatic carbocycles. The third-order valence-electron chi connectivity index (χ3n) is 5.31. The van der Waals surface area contributed by atoms with E-state index in [2.05, 4.69) is 6.08 Å². The van der Waals surface area contributed by atoms with Gasteiger partial charge in [0.1, 0.15) is 5.75 Å². The van der Waals surface area contributed by atoms with Crippen molar-refractivity contribution in [1.29, 1.82) is 0 Å². The van der Waals surface area contributed by atoms with Gasteiger partial charge in [-0.15, -0.1) is 0 Å². The van der Waals surface area contributed by atoms with Crippen molar-refractivity contribution in [1.82, 2.24) is 4.90 Å². The summed E-state index contributed by atoms with van der Waals surface area (Å²) in [6, 6.07) is 25.4. The number of benzene rings is 3. The minimum Gasteiger partial charge on any atom is -0.497 e. The third-order valence-corrected chi connectivity index (χ3v) is 6.11. The monoisotopic (exact) mass is 435 g/mol. The highest BCUT2D eigenvalue weighted by molar-refractivity contribution is 7.81. The van der Waals surface area contributed by atoms with Crippen molar-refractivity contribution in [2.45, 2.75) is 17.7 Å². The van der Waals surface area contributed by atoms with E-state index in [0.717, 1.165) is 28.1 Å². The van der Waals surface area contributed by atoms with Gasteiger partial charge in [-0.1, -0.05) is 60.1 Å². The number of rotatable bonds is 5. The van der Waals surface area contributed by atoms with Crippen molar-refractivity contribution in [2.24, 2.45) is 0 Å². The molecule has 0 unspecified atom stereocenters. The number of amides is 1. The van der Waals surface area contributed by atoms with Crippen LogP contribution in [-0.4, -0.2) is 23.2 Å². The number of carbonyl (C=O) groups excluding carboxylic acids is 1. The topological polar surface area (TPSA) is 29.5 Å². The zero-order chi connectivity index (χ0) is 21.1. The molecule has 0 saturated carbocycles. The van der Waals surface area contributed by atoms with Crippen LogP contribution in [0.3, 0.4) is 0 Å². The normalized spacial score (nSPS) is 18.8. The molecule has 1 aliphatic heterocycles. The lowest BCUT2D eigenvalue weighted by atomic mass is 9.88. The van der Waals surface area contributed by atoms with Gasteiger partial charge in [-0.3, -0.25) is 4.79 Å². The van der Waals surface area contributed by atoms with Gasteiger partial charge in [0.25, 0.3) is 0 Å². The van der Waals surface area contributed by atoms with Gasteiger partial charge in [0, 0.05) is 16.6 Å². The van der Waals surface area contributed by atoms with Crippen LogP contribution in [-0.2, 0) is 11.3 Å². The molecule has 1 amide bonds. The maximum absolute atomic E-state index is 13.4. The van der Waals surface area contributed by atoms with Crippen LogP contribution in [0.2, 0.25) is 5.02 Å². The van der Waals surface area contributed by atoms with Gasteiger partial charge >= 0.3 is 0 Å². The largest absolute Gasteiger partial charge is 0.497 e. The van der Waals surface area contributed by atoms with Crippen molar-refractivity contribution >= 4 is 35.8 Å². The Labute approximate surface area is 187 Å². The maximum Gasteiger partial charge on any atom is 0.241 e. The summed E-state index contributed by atoms with van der Waals surface area (Å²) in [7, 11) is 1.64. The first kappa shape index (κ1) is 20.6. The van der Waals surface area contributed by atoms with Crippen LogP contribution in [0.1, 0.15) is 22.6 Å². The van der Waals surface area contributed by atoms with E-state index in [9.17, 15) is 4.79 Å². The number of halogens is 1. The summed E-state index contributed by atoms with van der Waals surface area (Å²) in [4.78, 5) is 15.3. The average molecular weight is 436 g/mol. The molecule has 1 heterocycles. The van der Waals surface area contributed by atoms with Crippen LogP contribution < -0.4 is 4.74 Å². The number of methoxy groups -OCH3 is 1. The second kappa shape index (κ2) is 8.99. The number of allylic oxidation sites excluding steroid dienone is 1. The van der Waals surface area contributed by atoms with E-state index in [1.165, 1.54) is 0 Å². The lowest BCUT2D eigenvalue weighted by Crippen LogP contribution is -2.41. The van der Waals surface area contributed by atoms with Crippen LogP contribution >= 0.6 is 24.2 Å². The number of hydrogen-bond donors (Lipinski definition) is 1. The first-order valence-electron chi connectivity index (χ1n) is 9.72. The Kier molecular flexibility index (Phi) is 6.16. The van der Waals surface area contributed by atoms with Gasteiger partial charge in [0.05, 0.1) is 18.9 Å². The summed E-state index contributed by atoms with van der Waals surface area (Å²) in [5.41, 5.74) is 3.91. The van der Waals surface area contributed by atoms with Crippen molar-refractivity contribution in [3.63, 3.8) is 0 Å². The number of carbonyl (C=O) groups is 1. The molecule has 1 aliphatic rings. The van der Waals surface area contributed by atoms with Crippen molar-refractivity contribution < 1.29 is 9.53 Å². The predicted molar refractivity (Wildman–Crippen MR) is 125 cm³/mol. The average Bonchev–Trinajstić information content (AvgIpc) is 2.79. The first-order valence-corrected chi connectivity index (χ1v) is 10.6. The molecule has 4 rings (SSSR count). The van der Waals surface area contributed by atoms with Crippen molar-refractivity contribution in [2.75, 3.05) is 7.11 Å². The van der Waals surface area contributed by atoms with Crippen molar-refractivity contribution in [3.05, 3.63) is 107 Å². The van der Waals surface area contributed by atoms with E-state index in [4.69, 9.17) is 29.0 Å². The Morgan fingerprint density at radius 2 is 1.63 bits per heavy atom. The quantitative estimate of drug-likeness (QED) is 0.512. The molecule has 0 fully saturated rings. The van der Waals surface area contributed by atoms with Crippen molar-refractivity contribution in [3.8, 4) is 5.75 Å². The molecular weight excluding hydrogens is 414 g/mol. The van der Waals surface area contributed by atoms with Crippen LogP contribution in [0, 0.1) is 0 Å². The maximum atomic E-state index is 13.4. The fraction of sp³-hybridized carbons (Fsp3) is 0.160. The second-order valence-corrected chi connectivity index (χ2v) is 8.21. The molecule has 0 spiro atoms. The van der Waals surface area contributed by atoms with Crippen LogP contribution in [0.5, 0.6) is 5.75 Å². The van der Waals surface area contributed by atoms with Gasteiger partial charge in [-0.05, 0) is 53.1 Å². The zero-order valence-corrected chi connectivity index (χ0v) is 18.2. The number of hydrogen-bond acceptors (Lipinski definition) is 3. The zero-order valence-electron chi connectivity index (χ0n) is 16.5. The Morgan fingerprint density at radius 1 is 0.967 bits per heavy atom. The summed E-state index contributed by atoms with van der Waals surface area (Å²) < 4.78 is 5.29. The molecule has 3 nitrogen and oxygen atoms in total. The highest BCUT2D eigenvalue weighted by Crippen LogP contribution is 2.38. The van der Waals surface area contributed by atoms with Crippen LogP contribution in [0.25, 0.3) is 5.70 Å². The summed E-state index contributed by atoms with van der Waals surface area (Å²) in [5.74, 6) is 0.607. The molecule has 2 atom stereocenters. The number of ether oxygens (including phenoxy) is 1. The minimum atomic E-state index is -0.475. The van der Waals surface area contributed by atoms with Gasteiger partial charge in [-0.2, -0.15) is 12.6 Å². The Morgan fingerprint density at radius 3 is 2.27 bits per heavy atom. The van der Waals surface area contributed by atoms with E-state index in [-0.39, 0.29) is 11.8 Å². The number of nitrogens with zero attached hydrogens (tertiary/aromatic N) is 1. The van der Waals surface area contributed by atoms with E-state index < -0.39 is 5.25 Å². The smallest absolute Gasteiger partial charge is 0.241 e. The van der Waals surface area contributed by atoms with E-state index in [0.29, 0.717) is 11.6 Å². The molecule has 0 aliphatic carbocycles. The fourth-order valence-corrected chi connectivity index (χ4v) is 4.21. The molecule has 0 aromatic heterocycles.